The van der Waals surface area contributed by atoms with Gasteiger partial charge < -0.3 is 5.21 Å². The third-order valence-electron chi connectivity index (χ3n) is 1.53. The number of hydrogen-bond donors (Lipinski definition) is 1. The molecule has 0 unspecified atom stereocenters. The lowest BCUT2D eigenvalue weighted by Gasteiger charge is -2.09. The Balaban J connectivity index is 2.79. The van der Waals surface area contributed by atoms with Gasteiger partial charge in [0.15, 0.2) is 0 Å². The van der Waals surface area contributed by atoms with Crippen LogP contribution in [-0.4, -0.2) is 22.3 Å². The standard InChI is InChI=1S/C8H9F3N2O/c1-13(14)5-6-2-3-7(12-4-6)8(9,10)11/h2-4,14H,5H2,1H3. The Morgan fingerprint density at radius 1 is 1.43 bits per heavy atom. The third-order valence-corrected chi connectivity index (χ3v) is 1.53. The zero-order valence-electron chi connectivity index (χ0n) is 7.41. The summed E-state index contributed by atoms with van der Waals surface area (Å²) in [5, 5.41) is 9.68. The van der Waals surface area contributed by atoms with Crippen molar-refractivity contribution in [3.63, 3.8) is 0 Å². The lowest BCUT2D eigenvalue weighted by molar-refractivity contribution is -0.141. The van der Waals surface area contributed by atoms with Crippen molar-refractivity contribution in [2.75, 3.05) is 7.05 Å². The summed E-state index contributed by atoms with van der Waals surface area (Å²) in [6.07, 6.45) is -3.32. The van der Waals surface area contributed by atoms with Crippen LogP contribution < -0.4 is 0 Å². The van der Waals surface area contributed by atoms with Gasteiger partial charge in [-0.05, 0) is 11.6 Å². The molecule has 0 atom stereocenters. The zero-order chi connectivity index (χ0) is 10.8. The van der Waals surface area contributed by atoms with Crippen molar-refractivity contribution in [2.24, 2.45) is 0 Å². The van der Waals surface area contributed by atoms with Crippen molar-refractivity contribution < 1.29 is 18.4 Å². The van der Waals surface area contributed by atoms with Crippen LogP contribution in [0.4, 0.5) is 13.2 Å². The van der Waals surface area contributed by atoms with Gasteiger partial charge >= 0.3 is 6.18 Å². The predicted octanol–water partition coefficient (Wildman–Crippen LogP) is 1.92. The van der Waals surface area contributed by atoms with Crippen molar-refractivity contribution in [1.82, 2.24) is 10.0 Å². The summed E-state index contributed by atoms with van der Waals surface area (Å²) in [6, 6.07) is 2.17. The summed E-state index contributed by atoms with van der Waals surface area (Å²) >= 11 is 0. The normalized spacial score (nSPS) is 12.1. The maximum absolute atomic E-state index is 12.1. The van der Waals surface area contributed by atoms with E-state index in [-0.39, 0.29) is 6.54 Å². The quantitative estimate of drug-likeness (QED) is 0.751. The molecule has 0 radical (unpaired) electrons. The minimum absolute atomic E-state index is 0.144. The summed E-state index contributed by atoms with van der Waals surface area (Å²) in [5.41, 5.74) is -0.412. The predicted molar refractivity (Wildman–Crippen MR) is 42.5 cm³/mol. The van der Waals surface area contributed by atoms with Crippen LogP contribution in [0.2, 0.25) is 0 Å². The number of hydroxylamine groups is 2. The lowest BCUT2D eigenvalue weighted by Crippen LogP contribution is -2.13. The van der Waals surface area contributed by atoms with Gasteiger partial charge in [0.2, 0.25) is 0 Å². The third kappa shape index (κ3) is 2.97. The highest BCUT2D eigenvalue weighted by Crippen LogP contribution is 2.27. The van der Waals surface area contributed by atoms with E-state index in [9.17, 15) is 13.2 Å². The second kappa shape index (κ2) is 3.93. The summed E-state index contributed by atoms with van der Waals surface area (Å²) in [6.45, 7) is 0.144. The number of hydrogen-bond acceptors (Lipinski definition) is 3. The number of nitrogens with zero attached hydrogens (tertiary/aromatic N) is 2. The number of halogens is 3. The van der Waals surface area contributed by atoms with Gasteiger partial charge in [0.25, 0.3) is 0 Å². The summed E-state index contributed by atoms with van der Waals surface area (Å²) < 4.78 is 36.2. The van der Waals surface area contributed by atoms with E-state index in [2.05, 4.69) is 4.98 Å². The molecule has 0 saturated heterocycles. The molecule has 1 aromatic heterocycles. The van der Waals surface area contributed by atoms with Gasteiger partial charge in [0.05, 0.1) is 6.54 Å². The van der Waals surface area contributed by atoms with Gasteiger partial charge in [-0.25, -0.2) is 0 Å². The largest absolute Gasteiger partial charge is 0.433 e. The molecule has 0 spiro atoms. The maximum atomic E-state index is 12.1. The molecular weight excluding hydrogens is 197 g/mol. The van der Waals surface area contributed by atoms with Crippen LogP contribution in [0.3, 0.4) is 0 Å². The molecule has 1 N–H and O–H groups in total. The Hall–Kier alpha value is -1.14. The minimum atomic E-state index is -4.41. The highest BCUT2D eigenvalue weighted by molar-refractivity contribution is 5.15. The minimum Gasteiger partial charge on any atom is -0.314 e. The van der Waals surface area contributed by atoms with Gasteiger partial charge in [-0.15, -0.1) is 0 Å². The molecule has 0 aliphatic carbocycles. The average molecular weight is 206 g/mol. The highest BCUT2D eigenvalue weighted by atomic mass is 19.4. The number of rotatable bonds is 2. The molecule has 78 valence electrons. The van der Waals surface area contributed by atoms with E-state index < -0.39 is 11.9 Å². The molecule has 1 aromatic rings. The van der Waals surface area contributed by atoms with Crippen LogP contribution in [-0.2, 0) is 12.7 Å². The Morgan fingerprint density at radius 2 is 2.07 bits per heavy atom. The molecule has 0 aromatic carbocycles. The Labute approximate surface area is 78.8 Å². The molecule has 6 heteroatoms. The Bertz CT molecular complexity index is 294. The fourth-order valence-corrected chi connectivity index (χ4v) is 0.950. The van der Waals surface area contributed by atoms with Crippen molar-refractivity contribution in [2.45, 2.75) is 12.7 Å². The Kier molecular flexibility index (Phi) is 3.07. The van der Waals surface area contributed by atoms with E-state index in [0.717, 1.165) is 17.3 Å². The topological polar surface area (TPSA) is 36.4 Å². The second-order valence-electron chi connectivity index (χ2n) is 2.87. The van der Waals surface area contributed by atoms with E-state index in [0.29, 0.717) is 5.56 Å². The van der Waals surface area contributed by atoms with Crippen molar-refractivity contribution in [3.05, 3.63) is 29.6 Å². The number of alkyl halides is 3. The van der Waals surface area contributed by atoms with Crippen LogP contribution in [0.25, 0.3) is 0 Å². The molecule has 14 heavy (non-hydrogen) atoms. The molecule has 0 aliphatic heterocycles. The van der Waals surface area contributed by atoms with Crippen molar-refractivity contribution in [1.29, 1.82) is 0 Å². The Morgan fingerprint density at radius 3 is 2.43 bits per heavy atom. The van der Waals surface area contributed by atoms with Crippen LogP contribution in [0.1, 0.15) is 11.3 Å². The maximum Gasteiger partial charge on any atom is 0.433 e. The summed E-state index contributed by atoms with van der Waals surface area (Å²) in [7, 11) is 1.40. The van der Waals surface area contributed by atoms with Gasteiger partial charge in [0.1, 0.15) is 5.69 Å². The first-order valence-corrected chi connectivity index (χ1v) is 3.82. The molecule has 1 rings (SSSR count). The average Bonchev–Trinajstić information content (AvgIpc) is 2.02. The van der Waals surface area contributed by atoms with E-state index in [1.165, 1.54) is 13.1 Å². The molecule has 0 saturated carbocycles. The first kappa shape index (κ1) is 10.9. The summed E-state index contributed by atoms with van der Waals surface area (Å²) in [4.78, 5) is 3.24. The van der Waals surface area contributed by atoms with Gasteiger partial charge in [-0.2, -0.15) is 18.2 Å². The van der Waals surface area contributed by atoms with Gasteiger partial charge in [-0.1, -0.05) is 6.07 Å². The van der Waals surface area contributed by atoms with Crippen LogP contribution >= 0.6 is 0 Å². The van der Waals surface area contributed by atoms with Crippen LogP contribution in [0.15, 0.2) is 18.3 Å². The smallest absolute Gasteiger partial charge is 0.314 e. The van der Waals surface area contributed by atoms with Crippen LogP contribution in [0, 0.1) is 0 Å². The molecular formula is C8H9F3N2O. The fraction of sp³-hybridized carbons (Fsp3) is 0.375. The SMILES string of the molecule is CN(O)Cc1ccc(C(F)(F)F)nc1. The van der Waals surface area contributed by atoms with Gasteiger partial charge in [0, 0.05) is 13.2 Å². The fourth-order valence-electron chi connectivity index (χ4n) is 0.950. The second-order valence-corrected chi connectivity index (χ2v) is 2.87. The lowest BCUT2D eigenvalue weighted by atomic mass is 10.2. The first-order chi connectivity index (χ1) is 6.39. The molecule has 1 heterocycles. The van der Waals surface area contributed by atoms with Crippen LogP contribution in [0.5, 0.6) is 0 Å². The first-order valence-electron chi connectivity index (χ1n) is 3.82. The number of pyridine rings is 1. The molecule has 0 fully saturated rings. The highest BCUT2D eigenvalue weighted by Gasteiger charge is 2.31. The molecule has 0 bridgehead atoms. The monoisotopic (exact) mass is 206 g/mol. The molecule has 3 nitrogen and oxygen atoms in total. The van der Waals surface area contributed by atoms with E-state index in [4.69, 9.17) is 5.21 Å². The van der Waals surface area contributed by atoms with Crippen molar-refractivity contribution in [3.8, 4) is 0 Å². The van der Waals surface area contributed by atoms with Crippen molar-refractivity contribution >= 4 is 0 Å². The van der Waals surface area contributed by atoms with E-state index >= 15 is 0 Å². The van der Waals surface area contributed by atoms with E-state index in [1.807, 2.05) is 0 Å². The zero-order valence-corrected chi connectivity index (χ0v) is 7.41. The molecule has 0 amide bonds. The number of aromatic nitrogens is 1. The van der Waals surface area contributed by atoms with E-state index in [1.54, 1.807) is 0 Å². The van der Waals surface area contributed by atoms with Gasteiger partial charge in [-0.3, -0.25) is 4.98 Å². The summed E-state index contributed by atoms with van der Waals surface area (Å²) in [5.74, 6) is 0. The molecule has 0 aliphatic rings.